The number of halogens is 6. The number of nitrogens with zero attached hydrogens (tertiary/aromatic N) is 1. The zero-order valence-corrected chi connectivity index (χ0v) is 16.4. The molecule has 1 aliphatic heterocycles. The second kappa shape index (κ2) is 8.11. The molecule has 0 saturated carbocycles. The van der Waals surface area contributed by atoms with Crippen molar-refractivity contribution in [2.24, 2.45) is 0 Å². The lowest BCUT2D eigenvalue weighted by Crippen LogP contribution is -2.45. The van der Waals surface area contributed by atoms with Gasteiger partial charge in [0.25, 0.3) is 5.69 Å². The van der Waals surface area contributed by atoms with Crippen molar-refractivity contribution in [2.45, 2.75) is 18.5 Å². The molecule has 0 aliphatic carbocycles. The average molecular weight is 467 g/mol. The Labute approximate surface area is 182 Å². The number of para-hydroxylation sites is 2. The molecule has 0 fully saturated rings. The van der Waals surface area contributed by atoms with Crippen LogP contribution in [0.25, 0.3) is 0 Å². The van der Waals surface area contributed by atoms with E-state index in [0.717, 1.165) is 0 Å². The van der Waals surface area contributed by atoms with Gasteiger partial charge in [-0.05, 0) is 35.8 Å². The molecule has 1 atom stereocenters. The highest BCUT2D eigenvalue weighted by atomic mass is 19.4. The van der Waals surface area contributed by atoms with Crippen LogP contribution in [0.15, 0.2) is 66.7 Å². The Morgan fingerprint density at radius 1 is 0.818 bits per heavy atom. The highest BCUT2D eigenvalue weighted by Gasteiger charge is 2.42. The van der Waals surface area contributed by atoms with Crippen molar-refractivity contribution in [3.8, 4) is 5.75 Å². The van der Waals surface area contributed by atoms with Crippen LogP contribution in [-0.4, -0.2) is 12.0 Å². The van der Waals surface area contributed by atoms with Gasteiger partial charge in [0.05, 0.1) is 21.6 Å². The van der Waals surface area contributed by atoms with Gasteiger partial charge < -0.3 is 9.31 Å². The lowest BCUT2D eigenvalue weighted by molar-refractivity contribution is -0.386. The Kier molecular flexibility index (Phi) is 5.56. The Balaban J connectivity index is 1.86. The molecule has 0 saturated heterocycles. The summed E-state index contributed by atoms with van der Waals surface area (Å²) in [5, 5.41) is 11.5. The summed E-state index contributed by atoms with van der Waals surface area (Å²) in [6.07, 6.45) is -11.3. The lowest BCUT2D eigenvalue weighted by Gasteiger charge is -2.31. The fourth-order valence-electron chi connectivity index (χ4n) is 3.52. The van der Waals surface area contributed by atoms with Gasteiger partial charge in [-0.3, -0.25) is 10.1 Å². The zero-order valence-electron chi connectivity index (χ0n) is 16.4. The van der Waals surface area contributed by atoms with Crippen molar-refractivity contribution >= 4 is 18.3 Å². The fourth-order valence-corrected chi connectivity index (χ4v) is 3.52. The Morgan fingerprint density at radius 2 is 1.36 bits per heavy atom. The van der Waals surface area contributed by atoms with E-state index in [1.807, 2.05) is 0 Å². The first-order valence-electron chi connectivity index (χ1n) is 9.39. The second-order valence-corrected chi connectivity index (χ2v) is 7.16. The van der Waals surface area contributed by atoms with Crippen molar-refractivity contribution in [2.75, 3.05) is 0 Å². The quantitative estimate of drug-likeness (QED) is 0.220. The monoisotopic (exact) mass is 467 g/mol. The summed E-state index contributed by atoms with van der Waals surface area (Å²) >= 11 is 0. The first kappa shape index (κ1) is 22.7. The number of hydrogen-bond donors (Lipinski definition) is 0. The number of hydrogen-bond acceptors (Lipinski definition) is 4. The molecular weight excluding hydrogens is 455 g/mol. The van der Waals surface area contributed by atoms with E-state index in [1.54, 1.807) is 18.2 Å². The van der Waals surface area contributed by atoms with Gasteiger partial charge in [0, 0.05) is 11.6 Å². The van der Waals surface area contributed by atoms with Gasteiger partial charge in [0.1, 0.15) is 11.9 Å². The third kappa shape index (κ3) is 4.51. The molecule has 0 bridgehead atoms. The average Bonchev–Trinajstić information content (AvgIpc) is 2.76. The maximum atomic E-state index is 13.3. The van der Waals surface area contributed by atoms with Gasteiger partial charge in [0.15, 0.2) is 0 Å². The molecule has 3 aromatic carbocycles. The normalized spacial score (nSPS) is 16.2. The molecule has 4 rings (SSSR count). The van der Waals surface area contributed by atoms with Crippen molar-refractivity contribution in [1.82, 2.24) is 0 Å². The first-order valence-corrected chi connectivity index (χ1v) is 9.39. The standard InChI is InChI=1S/C21H12BF6NO4/c23-20(24,25)12-9-13(21(26,27)28)11-14(10-12)22-32-18-8-4-2-6-16(18)19(33-22)15-5-1-3-7-17(15)29(30)31/h1-11,19H. The van der Waals surface area contributed by atoms with Crippen molar-refractivity contribution in [3.05, 3.63) is 99.1 Å². The summed E-state index contributed by atoms with van der Waals surface area (Å²) in [5.41, 5.74) is -3.49. The van der Waals surface area contributed by atoms with Crippen LogP contribution in [0.1, 0.15) is 28.4 Å². The minimum Gasteiger partial charge on any atom is -0.532 e. The van der Waals surface area contributed by atoms with Crippen molar-refractivity contribution < 1.29 is 40.6 Å². The van der Waals surface area contributed by atoms with E-state index in [4.69, 9.17) is 9.31 Å². The molecule has 0 N–H and O–H groups in total. The van der Waals surface area contributed by atoms with E-state index in [1.165, 1.54) is 30.3 Å². The molecule has 3 aromatic rings. The van der Waals surface area contributed by atoms with Gasteiger partial charge >= 0.3 is 19.5 Å². The van der Waals surface area contributed by atoms with E-state index in [-0.39, 0.29) is 23.1 Å². The molecule has 1 heterocycles. The lowest BCUT2D eigenvalue weighted by atomic mass is 9.74. The molecular formula is C21H12BF6NO4. The molecule has 1 aliphatic rings. The van der Waals surface area contributed by atoms with Gasteiger partial charge in [-0.25, -0.2) is 0 Å². The molecule has 0 radical (unpaired) electrons. The maximum Gasteiger partial charge on any atom is 0.563 e. The first-order chi connectivity index (χ1) is 15.4. The van der Waals surface area contributed by atoms with Gasteiger partial charge in [-0.1, -0.05) is 30.3 Å². The summed E-state index contributed by atoms with van der Waals surface area (Å²) in [6.45, 7) is 0. The van der Waals surface area contributed by atoms with Crippen LogP contribution in [-0.2, 0) is 17.0 Å². The molecule has 5 nitrogen and oxygen atoms in total. The molecule has 170 valence electrons. The third-order valence-electron chi connectivity index (χ3n) is 4.99. The second-order valence-electron chi connectivity index (χ2n) is 7.16. The highest BCUT2D eigenvalue weighted by molar-refractivity contribution is 6.62. The topological polar surface area (TPSA) is 61.6 Å². The Morgan fingerprint density at radius 3 is 1.94 bits per heavy atom. The predicted molar refractivity (Wildman–Crippen MR) is 105 cm³/mol. The van der Waals surface area contributed by atoms with E-state index in [0.29, 0.717) is 17.7 Å². The van der Waals surface area contributed by atoms with Gasteiger partial charge in [-0.15, -0.1) is 0 Å². The number of nitro benzene ring substituents is 1. The summed E-state index contributed by atoms with van der Waals surface area (Å²) in [5.74, 6) is 0.114. The molecule has 33 heavy (non-hydrogen) atoms. The highest BCUT2D eigenvalue weighted by Crippen LogP contribution is 2.41. The van der Waals surface area contributed by atoms with Gasteiger partial charge in [-0.2, -0.15) is 26.3 Å². The Bertz CT molecular complexity index is 1180. The predicted octanol–water partition coefficient (Wildman–Crippen LogP) is 5.53. The van der Waals surface area contributed by atoms with Crippen molar-refractivity contribution in [1.29, 1.82) is 0 Å². The largest absolute Gasteiger partial charge is 0.563 e. The minimum absolute atomic E-state index is 0.000205. The van der Waals surface area contributed by atoms with Crippen LogP contribution < -0.4 is 10.1 Å². The van der Waals surface area contributed by atoms with Crippen LogP contribution in [0.5, 0.6) is 5.75 Å². The number of fused-ring (bicyclic) bond motifs is 1. The molecule has 12 heteroatoms. The van der Waals surface area contributed by atoms with Crippen molar-refractivity contribution in [3.63, 3.8) is 0 Å². The summed E-state index contributed by atoms with van der Waals surface area (Å²) in [6, 6.07) is 12.7. The smallest absolute Gasteiger partial charge is 0.532 e. The third-order valence-corrected chi connectivity index (χ3v) is 4.99. The van der Waals surface area contributed by atoms with E-state index in [9.17, 15) is 36.5 Å². The molecule has 1 unspecified atom stereocenters. The van der Waals surface area contributed by atoms with Crippen LogP contribution >= 0.6 is 0 Å². The van der Waals surface area contributed by atoms with Crippen LogP contribution in [0.2, 0.25) is 0 Å². The van der Waals surface area contributed by atoms with E-state index < -0.39 is 47.1 Å². The fraction of sp³-hybridized carbons (Fsp3) is 0.143. The Hall–Kier alpha value is -3.54. The maximum absolute atomic E-state index is 13.3. The number of nitro groups is 1. The van der Waals surface area contributed by atoms with Crippen LogP contribution in [0.3, 0.4) is 0 Å². The SMILES string of the molecule is O=[N+]([O-])c1ccccc1C1OB(c2cc(C(F)(F)F)cc(C(F)(F)F)c2)Oc2ccccc21. The van der Waals surface area contributed by atoms with Gasteiger partial charge in [0.2, 0.25) is 0 Å². The van der Waals surface area contributed by atoms with E-state index in [2.05, 4.69) is 0 Å². The van der Waals surface area contributed by atoms with Crippen LogP contribution in [0, 0.1) is 10.1 Å². The molecule has 0 aromatic heterocycles. The number of rotatable bonds is 3. The molecule has 0 spiro atoms. The number of alkyl halides is 6. The number of benzene rings is 3. The zero-order chi connectivity index (χ0) is 24.0. The summed E-state index contributed by atoms with van der Waals surface area (Å²) in [7, 11) is -1.69. The summed E-state index contributed by atoms with van der Waals surface area (Å²) in [4.78, 5) is 10.9. The minimum atomic E-state index is -5.06. The summed E-state index contributed by atoms with van der Waals surface area (Å²) < 4.78 is 91.1. The molecule has 0 amide bonds. The van der Waals surface area contributed by atoms with E-state index >= 15 is 0 Å². The van der Waals surface area contributed by atoms with Crippen LogP contribution in [0.4, 0.5) is 32.0 Å².